The molecule has 2 aromatic heterocycles. The number of rotatable bonds is 2. The Hall–Kier alpha value is -3.17. The first-order valence-electron chi connectivity index (χ1n) is 10.8. The van der Waals surface area contributed by atoms with E-state index in [0.29, 0.717) is 0 Å². The quantitative estimate of drug-likeness (QED) is 0.348. The molecule has 5 aromatic rings. The van der Waals surface area contributed by atoms with Crippen LogP contribution < -0.4 is 0 Å². The molecule has 148 valence electrons. The molecular weight excluding hydrogens is 366 g/mol. The van der Waals surface area contributed by atoms with Gasteiger partial charge in [0.1, 0.15) is 0 Å². The molecule has 1 aliphatic heterocycles. The van der Waals surface area contributed by atoms with Crippen LogP contribution in [0.1, 0.15) is 18.1 Å². The van der Waals surface area contributed by atoms with Gasteiger partial charge in [0.25, 0.3) is 0 Å². The molecule has 0 fully saturated rings. The van der Waals surface area contributed by atoms with Crippen molar-refractivity contribution >= 4 is 32.6 Å². The Morgan fingerprint density at radius 3 is 2.57 bits per heavy atom. The number of nitrogens with zero attached hydrogens (tertiary/aromatic N) is 3. The molecule has 0 unspecified atom stereocenters. The average Bonchev–Trinajstić information content (AvgIpc) is 3.14. The summed E-state index contributed by atoms with van der Waals surface area (Å²) in [5.41, 5.74) is 7.66. The van der Waals surface area contributed by atoms with Crippen LogP contribution in [0, 0.1) is 0 Å². The zero-order chi connectivity index (χ0) is 20.2. The Morgan fingerprint density at radius 1 is 0.900 bits per heavy atom. The number of aryl methyl sites for hydroxylation is 1. The monoisotopic (exact) mass is 391 g/mol. The minimum Gasteiger partial charge on any atom is -0.350 e. The number of pyridine rings is 1. The zero-order valence-corrected chi connectivity index (χ0v) is 17.5. The van der Waals surface area contributed by atoms with Gasteiger partial charge in [-0.1, -0.05) is 55.5 Å². The van der Waals surface area contributed by atoms with Crippen molar-refractivity contribution in [1.82, 2.24) is 14.5 Å². The fraction of sp³-hybridized carbons (Fsp3) is 0.222. The number of likely N-dealkylation sites (N-methyl/N-ethyl adjacent to an activating group) is 1. The first-order valence-corrected chi connectivity index (χ1v) is 10.8. The van der Waals surface area contributed by atoms with Crippen LogP contribution in [0.15, 0.2) is 66.9 Å². The highest BCUT2D eigenvalue weighted by molar-refractivity contribution is 6.09. The topological polar surface area (TPSA) is 21.1 Å². The lowest BCUT2D eigenvalue weighted by atomic mass is 9.89. The SMILES string of the molecule is CCN1CCc2c(c(-c3cn(C)c4ccccc34)nc3ccc4ccccc4c23)C1. The second-order valence-electron chi connectivity index (χ2n) is 8.39. The number of hydrogen-bond donors (Lipinski definition) is 0. The van der Waals surface area contributed by atoms with Crippen molar-refractivity contribution in [3.8, 4) is 11.3 Å². The Morgan fingerprint density at radius 2 is 1.70 bits per heavy atom. The summed E-state index contributed by atoms with van der Waals surface area (Å²) in [6, 6.07) is 21.8. The smallest absolute Gasteiger partial charge is 0.0779 e. The number of para-hydroxylation sites is 1. The van der Waals surface area contributed by atoms with E-state index >= 15 is 0 Å². The van der Waals surface area contributed by atoms with Crippen molar-refractivity contribution in [2.75, 3.05) is 13.1 Å². The molecule has 0 N–H and O–H groups in total. The Labute approximate surface area is 176 Å². The molecule has 0 spiro atoms. The Balaban J connectivity index is 1.73. The van der Waals surface area contributed by atoms with Gasteiger partial charge in [-0.2, -0.15) is 0 Å². The van der Waals surface area contributed by atoms with E-state index in [0.717, 1.165) is 37.3 Å². The minimum absolute atomic E-state index is 0.969. The van der Waals surface area contributed by atoms with Gasteiger partial charge in [0.05, 0.1) is 11.2 Å². The minimum atomic E-state index is 0.969. The standard InChI is InChI=1S/C27H25N3/c1-3-30-15-14-21-23(17-30)27(22-16-29(2)25-11-7-6-10-20(22)25)28-24-13-12-18-8-4-5-9-19(18)26(21)24/h4-13,16H,3,14-15,17H2,1-2H3. The first-order chi connectivity index (χ1) is 14.7. The van der Waals surface area contributed by atoms with Crippen molar-refractivity contribution in [2.24, 2.45) is 7.05 Å². The molecular formula is C27H25N3. The third-order valence-corrected chi connectivity index (χ3v) is 6.75. The van der Waals surface area contributed by atoms with Crippen LogP contribution in [0.5, 0.6) is 0 Å². The van der Waals surface area contributed by atoms with Crippen LogP contribution in [-0.2, 0) is 20.0 Å². The molecule has 6 rings (SSSR count). The molecule has 1 aliphatic rings. The molecule has 0 radical (unpaired) electrons. The van der Waals surface area contributed by atoms with Gasteiger partial charge in [-0.15, -0.1) is 0 Å². The molecule has 3 heteroatoms. The molecule has 0 saturated carbocycles. The van der Waals surface area contributed by atoms with E-state index in [1.165, 1.54) is 43.8 Å². The van der Waals surface area contributed by atoms with E-state index in [-0.39, 0.29) is 0 Å². The third kappa shape index (κ3) is 2.52. The predicted octanol–water partition coefficient (Wildman–Crippen LogP) is 5.92. The summed E-state index contributed by atoms with van der Waals surface area (Å²) >= 11 is 0. The molecule has 3 nitrogen and oxygen atoms in total. The molecule has 3 heterocycles. The summed E-state index contributed by atoms with van der Waals surface area (Å²) < 4.78 is 2.23. The second-order valence-corrected chi connectivity index (χ2v) is 8.39. The summed E-state index contributed by atoms with van der Waals surface area (Å²) in [7, 11) is 2.13. The van der Waals surface area contributed by atoms with Crippen molar-refractivity contribution in [2.45, 2.75) is 19.9 Å². The fourth-order valence-electron chi connectivity index (χ4n) is 5.19. The van der Waals surface area contributed by atoms with Gasteiger partial charge in [-0.3, -0.25) is 4.90 Å². The van der Waals surface area contributed by atoms with Crippen LogP contribution in [0.4, 0.5) is 0 Å². The number of benzene rings is 3. The van der Waals surface area contributed by atoms with Gasteiger partial charge in [0.15, 0.2) is 0 Å². The molecule has 0 saturated heterocycles. The number of fused-ring (bicyclic) bond motifs is 6. The van der Waals surface area contributed by atoms with Crippen molar-refractivity contribution in [3.63, 3.8) is 0 Å². The number of aromatic nitrogens is 2. The maximum atomic E-state index is 5.30. The van der Waals surface area contributed by atoms with Gasteiger partial charge in [0.2, 0.25) is 0 Å². The molecule has 30 heavy (non-hydrogen) atoms. The molecule has 0 bridgehead atoms. The lowest BCUT2D eigenvalue weighted by Gasteiger charge is -2.30. The van der Waals surface area contributed by atoms with Crippen LogP contribution in [0.3, 0.4) is 0 Å². The van der Waals surface area contributed by atoms with Crippen molar-refractivity contribution < 1.29 is 0 Å². The summed E-state index contributed by atoms with van der Waals surface area (Å²) in [4.78, 5) is 7.84. The highest BCUT2D eigenvalue weighted by Gasteiger charge is 2.25. The van der Waals surface area contributed by atoms with E-state index in [9.17, 15) is 0 Å². The summed E-state index contributed by atoms with van der Waals surface area (Å²) in [5, 5.41) is 5.25. The van der Waals surface area contributed by atoms with Crippen molar-refractivity contribution in [3.05, 3.63) is 78.0 Å². The van der Waals surface area contributed by atoms with Gasteiger partial charge < -0.3 is 4.57 Å². The summed E-state index contributed by atoms with van der Waals surface area (Å²) in [6.07, 6.45) is 3.33. The van der Waals surface area contributed by atoms with Crippen molar-refractivity contribution in [1.29, 1.82) is 0 Å². The van der Waals surface area contributed by atoms with Gasteiger partial charge in [-0.25, -0.2) is 4.98 Å². The van der Waals surface area contributed by atoms with E-state index < -0.39 is 0 Å². The average molecular weight is 392 g/mol. The highest BCUT2D eigenvalue weighted by Crippen LogP contribution is 2.39. The van der Waals surface area contributed by atoms with E-state index in [1.54, 1.807) is 0 Å². The third-order valence-electron chi connectivity index (χ3n) is 6.75. The van der Waals surface area contributed by atoms with Gasteiger partial charge in [0, 0.05) is 48.2 Å². The summed E-state index contributed by atoms with van der Waals surface area (Å²) in [6.45, 7) is 5.41. The normalized spacial score (nSPS) is 14.6. The summed E-state index contributed by atoms with van der Waals surface area (Å²) in [5.74, 6) is 0. The molecule has 0 atom stereocenters. The molecule has 3 aromatic carbocycles. The van der Waals surface area contributed by atoms with E-state index in [1.807, 2.05) is 0 Å². The predicted molar refractivity (Wildman–Crippen MR) is 126 cm³/mol. The van der Waals surface area contributed by atoms with Crippen LogP contribution >= 0.6 is 0 Å². The van der Waals surface area contributed by atoms with E-state index in [2.05, 4.69) is 90.3 Å². The maximum Gasteiger partial charge on any atom is 0.0779 e. The first kappa shape index (κ1) is 17.7. The zero-order valence-electron chi connectivity index (χ0n) is 17.5. The fourth-order valence-corrected chi connectivity index (χ4v) is 5.19. The largest absolute Gasteiger partial charge is 0.350 e. The maximum absolute atomic E-state index is 5.30. The molecule has 0 aliphatic carbocycles. The van der Waals surface area contributed by atoms with E-state index in [4.69, 9.17) is 4.98 Å². The van der Waals surface area contributed by atoms with Gasteiger partial charge >= 0.3 is 0 Å². The lowest BCUT2D eigenvalue weighted by Crippen LogP contribution is -2.31. The van der Waals surface area contributed by atoms with Crippen LogP contribution in [-0.4, -0.2) is 27.5 Å². The lowest BCUT2D eigenvalue weighted by molar-refractivity contribution is 0.269. The Bertz CT molecular complexity index is 1430. The van der Waals surface area contributed by atoms with Crippen LogP contribution in [0.2, 0.25) is 0 Å². The highest BCUT2D eigenvalue weighted by atomic mass is 15.1. The number of hydrogen-bond acceptors (Lipinski definition) is 2. The molecule has 0 amide bonds. The van der Waals surface area contributed by atoms with Gasteiger partial charge in [-0.05, 0) is 47.0 Å². The Kier molecular flexibility index (Phi) is 3.93. The van der Waals surface area contributed by atoms with Crippen LogP contribution in [0.25, 0.3) is 43.8 Å². The second kappa shape index (κ2) is 6.68.